The molecule has 0 heterocycles. The van der Waals surface area contributed by atoms with Crippen LogP contribution in [-0.4, -0.2) is 12.7 Å². The molecule has 1 aliphatic rings. The SMILES string of the molecule is C/C=C/CCc1ccc(C2CCC(OCc3ccc(-c4ccc(OCCCC)c(F)c4F)c(F)c3F)CC2)c(F)c1F. The molecule has 1 fully saturated rings. The van der Waals surface area contributed by atoms with Crippen LogP contribution in [-0.2, 0) is 17.8 Å². The van der Waals surface area contributed by atoms with Crippen molar-refractivity contribution in [1.82, 2.24) is 0 Å². The van der Waals surface area contributed by atoms with Crippen LogP contribution in [0, 0.1) is 34.9 Å². The molecule has 4 rings (SSSR count). The van der Waals surface area contributed by atoms with E-state index in [1.165, 1.54) is 18.2 Å². The average Bonchev–Trinajstić information content (AvgIpc) is 2.99. The molecule has 0 N–H and O–H groups in total. The smallest absolute Gasteiger partial charge is 0.201 e. The largest absolute Gasteiger partial charge is 0.490 e. The van der Waals surface area contributed by atoms with Gasteiger partial charge < -0.3 is 9.47 Å². The van der Waals surface area contributed by atoms with E-state index in [1.807, 2.05) is 26.0 Å². The molecule has 0 aromatic heterocycles. The first kappa shape index (κ1) is 31.7. The minimum absolute atomic E-state index is 0.0552. The zero-order chi connectivity index (χ0) is 30.2. The lowest BCUT2D eigenvalue weighted by atomic mass is 9.82. The molecule has 3 aromatic rings. The van der Waals surface area contributed by atoms with E-state index in [4.69, 9.17) is 9.47 Å². The summed E-state index contributed by atoms with van der Waals surface area (Å²) in [7, 11) is 0. The molecule has 0 saturated heterocycles. The molecular formula is C34H36F6O2. The Morgan fingerprint density at radius 2 is 1.38 bits per heavy atom. The van der Waals surface area contributed by atoms with Gasteiger partial charge in [0.1, 0.15) is 0 Å². The van der Waals surface area contributed by atoms with Crippen LogP contribution < -0.4 is 4.74 Å². The highest BCUT2D eigenvalue weighted by Crippen LogP contribution is 2.37. The van der Waals surface area contributed by atoms with E-state index in [9.17, 15) is 26.3 Å². The first-order valence-corrected chi connectivity index (χ1v) is 14.5. The van der Waals surface area contributed by atoms with Crippen molar-refractivity contribution in [2.45, 2.75) is 83.8 Å². The summed E-state index contributed by atoms with van der Waals surface area (Å²) in [5, 5.41) is 0. The minimum Gasteiger partial charge on any atom is -0.490 e. The van der Waals surface area contributed by atoms with E-state index in [0.717, 1.165) is 12.5 Å². The summed E-state index contributed by atoms with van der Waals surface area (Å²) < 4.78 is 99.7. The van der Waals surface area contributed by atoms with Crippen molar-refractivity contribution in [3.63, 3.8) is 0 Å². The van der Waals surface area contributed by atoms with Gasteiger partial charge in [-0.2, -0.15) is 4.39 Å². The lowest BCUT2D eigenvalue weighted by Gasteiger charge is -2.29. The monoisotopic (exact) mass is 590 g/mol. The lowest BCUT2D eigenvalue weighted by Crippen LogP contribution is -2.22. The maximum atomic E-state index is 15.0. The Balaban J connectivity index is 1.36. The van der Waals surface area contributed by atoms with E-state index in [0.29, 0.717) is 56.1 Å². The number of halogens is 6. The zero-order valence-corrected chi connectivity index (χ0v) is 23.9. The van der Waals surface area contributed by atoms with Gasteiger partial charge in [0.2, 0.25) is 5.82 Å². The van der Waals surface area contributed by atoms with E-state index >= 15 is 0 Å². The van der Waals surface area contributed by atoms with Crippen molar-refractivity contribution in [2.24, 2.45) is 0 Å². The molecule has 0 bridgehead atoms. The molecule has 8 heteroatoms. The van der Waals surface area contributed by atoms with Crippen LogP contribution in [0.5, 0.6) is 5.75 Å². The standard InChI is InChI=1S/C34H36F6O2/c1-3-5-7-8-22-11-15-25(31(37)29(22)35)21-9-13-24(14-10-21)42-20-23-12-16-26(32(38)30(23)36)27-17-18-28(34(40)33(27)39)41-19-6-4-2/h3,5,11-12,15-18,21,24H,4,6-10,13-14,19-20H2,1-2H3/b5-3+. The summed E-state index contributed by atoms with van der Waals surface area (Å²) in [6.45, 7) is 3.80. The molecule has 2 nitrogen and oxygen atoms in total. The van der Waals surface area contributed by atoms with Gasteiger partial charge >= 0.3 is 0 Å². The van der Waals surface area contributed by atoms with Crippen LogP contribution in [0.4, 0.5) is 26.3 Å². The van der Waals surface area contributed by atoms with Crippen molar-refractivity contribution >= 4 is 0 Å². The Morgan fingerprint density at radius 3 is 2.07 bits per heavy atom. The fourth-order valence-corrected chi connectivity index (χ4v) is 5.35. The summed E-state index contributed by atoms with van der Waals surface area (Å²) in [4.78, 5) is 0. The molecular weight excluding hydrogens is 554 g/mol. The maximum Gasteiger partial charge on any atom is 0.201 e. The normalized spacial score (nSPS) is 17.2. The second kappa shape index (κ2) is 14.8. The summed E-state index contributed by atoms with van der Waals surface area (Å²) in [5.74, 6) is -7.11. The van der Waals surface area contributed by atoms with Crippen LogP contribution in [0.1, 0.15) is 81.4 Å². The van der Waals surface area contributed by atoms with Gasteiger partial charge in [-0.25, -0.2) is 22.0 Å². The summed E-state index contributed by atoms with van der Waals surface area (Å²) in [5.41, 5.74) is -0.163. The highest BCUT2D eigenvalue weighted by Gasteiger charge is 2.27. The van der Waals surface area contributed by atoms with Crippen molar-refractivity contribution in [1.29, 1.82) is 0 Å². The molecule has 3 aromatic carbocycles. The van der Waals surface area contributed by atoms with Crippen LogP contribution >= 0.6 is 0 Å². The summed E-state index contributed by atoms with van der Waals surface area (Å²) in [6, 6.07) is 8.17. The number of benzene rings is 3. The second-order valence-corrected chi connectivity index (χ2v) is 10.7. The van der Waals surface area contributed by atoms with Gasteiger partial charge in [0.05, 0.1) is 19.3 Å². The Bertz CT molecular complexity index is 1400. The summed E-state index contributed by atoms with van der Waals surface area (Å²) >= 11 is 0. The van der Waals surface area contributed by atoms with Gasteiger partial charge in [0, 0.05) is 16.7 Å². The number of hydrogen-bond donors (Lipinski definition) is 0. The Morgan fingerprint density at radius 1 is 0.738 bits per heavy atom. The van der Waals surface area contributed by atoms with Crippen LogP contribution in [0.25, 0.3) is 11.1 Å². The number of ether oxygens (including phenoxy) is 2. The lowest BCUT2D eigenvalue weighted by molar-refractivity contribution is 0.0116. The predicted molar refractivity (Wildman–Crippen MR) is 151 cm³/mol. The molecule has 1 aliphatic carbocycles. The van der Waals surface area contributed by atoms with Crippen molar-refractivity contribution in [2.75, 3.05) is 6.61 Å². The van der Waals surface area contributed by atoms with Gasteiger partial charge in [-0.15, -0.1) is 0 Å². The van der Waals surface area contributed by atoms with Crippen LogP contribution in [0.3, 0.4) is 0 Å². The quantitative estimate of drug-likeness (QED) is 0.119. The molecule has 0 unspecified atom stereocenters. The topological polar surface area (TPSA) is 18.5 Å². The summed E-state index contributed by atoms with van der Waals surface area (Å²) in [6.07, 6.45) is 8.30. The number of allylic oxidation sites excluding steroid dienone is 2. The third-order valence-electron chi connectivity index (χ3n) is 7.85. The fraction of sp³-hybridized carbons (Fsp3) is 0.412. The van der Waals surface area contributed by atoms with E-state index < -0.39 is 46.0 Å². The van der Waals surface area contributed by atoms with Crippen LogP contribution in [0.15, 0.2) is 48.6 Å². The molecule has 0 aliphatic heterocycles. The Kier molecular flexibility index (Phi) is 11.1. The van der Waals surface area contributed by atoms with Crippen molar-refractivity contribution < 1.29 is 35.8 Å². The number of rotatable bonds is 12. The zero-order valence-electron chi connectivity index (χ0n) is 23.9. The maximum absolute atomic E-state index is 15.0. The molecule has 0 radical (unpaired) electrons. The van der Waals surface area contributed by atoms with E-state index in [1.54, 1.807) is 12.1 Å². The minimum atomic E-state index is -1.32. The Hall–Kier alpha value is -3.26. The number of hydrogen-bond acceptors (Lipinski definition) is 2. The van der Waals surface area contributed by atoms with Gasteiger partial charge in [-0.3, -0.25) is 0 Å². The van der Waals surface area contributed by atoms with Crippen molar-refractivity contribution in [3.05, 3.63) is 100 Å². The average molecular weight is 591 g/mol. The molecule has 1 saturated carbocycles. The van der Waals surface area contributed by atoms with E-state index in [-0.39, 0.29) is 36.5 Å². The van der Waals surface area contributed by atoms with Crippen LogP contribution in [0.2, 0.25) is 0 Å². The van der Waals surface area contributed by atoms with Gasteiger partial charge in [0.15, 0.2) is 34.8 Å². The van der Waals surface area contributed by atoms with Crippen molar-refractivity contribution in [3.8, 4) is 16.9 Å². The Labute approximate surface area is 243 Å². The third-order valence-corrected chi connectivity index (χ3v) is 7.85. The van der Waals surface area contributed by atoms with Gasteiger partial charge in [-0.05, 0) is 81.0 Å². The molecule has 0 spiro atoms. The number of aryl methyl sites for hydroxylation is 1. The van der Waals surface area contributed by atoms with Gasteiger partial charge in [-0.1, -0.05) is 49.8 Å². The highest BCUT2D eigenvalue weighted by molar-refractivity contribution is 5.66. The van der Waals surface area contributed by atoms with E-state index in [2.05, 4.69) is 0 Å². The predicted octanol–water partition coefficient (Wildman–Crippen LogP) is 10.1. The number of unbranched alkanes of at least 4 members (excludes halogenated alkanes) is 1. The first-order valence-electron chi connectivity index (χ1n) is 14.5. The molecule has 226 valence electrons. The highest BCUT2D eigenvalue weighted by atomic mass is 19.2. The van der Waals surface area contributed by atoms with Gasteiger partial charge in [0.25, 0.3) is 0 Å². The molecule has 42 heavy (non-hydrogen) atoms. The first-order chi connectivity index (χ1) is 20.3. The third kappa shape index (κ3) is 7.20. The molecule has 0 amide bonds. The fourth-order valence-electron chi connectivity index (χ4n) is 5.35. The second-order valence-electron chi connectivity index (χ2n) is 10.7. The molecule has 0 atom stereocenters.